The third-order valence-corrected chi connectivity index (χ3v) is 7.07. The van der Waals surface area contributed by atoms with Crippen molar-refractivity contribution < 1.29 is 13.2 Å². The van der Waals surface area contributed by atoms with Crippen LogP contribution in [0.5, 0.6) is 5.75 Å². The van der Waals surface area contributed by atoms with Crippen LogP contribution in [0.1, 0.15) is 23.7 Å². The van der Waals surface area contributed by atoms with E-state index in [0.717, 1.165) is 29.2 Å². The Hall–Kier alpha value is -2.39. The van der Waals surface area contributed by atoms with E-state index >= 15 is 0 Å². The number of aryl methyl sites for hydroxylation is 3. The van der Waals surface area contributed by atoms with Gasteiger partial charge in [0, 0.05) is 50.6 Å². The summed E-state index contributed by atoms with van der Waals surface area (Å²) in [5, 5.41) is 3.21. The van der Waals surface area contributed by atoms with Gasteiger partial charge in [0.15, 0.2) is 0 Å². The highest BCUT2D eigenvalue weighted by Gasteiger charge is 2.31. The number of rotatable bonds is 6. The van der Waals surface area contributed by atoms with Gasteiger partial charge in [-0.05, 0) is 38.8 Å². The Labute approximate surface area is 173 Å². The molecule has 9 heteroatoms. The number of ether oxygens (including phenoxy) is 1. The first-order valence-electron chi connectivity index (χ1n) is 9.76. The van der Waals surface area contributed by atoms with E-state index < -0.39 is 10.0 Å². The lowest BCUT2D eigenvalue weighted by molar-refractivity contribution is 0.381. The lowest BCUT2D eigenvalue weighted by Gasteiger charge is -2.34. The third kappa shape index (κ3) is 4.45. The minimum absolute atomic E-state index is 0.301. The maximum Gasteiger partial charge on any atom is 0.243 e. The molecule has 1 aromatic carbocycles. The van der Waals surface area contributed by atoms with Gasteiger partial charge in [-0.3, -0.25) is 0 Å². The maximum absolute atomic E-state index is 13.2. The predicted molar refractivity (Wildman–Crippen MR) is 114 cm³/mol. The highest BCUT2D eigenvalue weighted by atomic mass is 32.2. The summed E-state index contributed by atoms with van der Waals surface area (Å²) in [5.41, 5.74) is 2.52. The zero-order valence-electron chi connectivity index (χ0n) is 17.7. The molecule has 0 aliphatic carbocycles. The standard InChI is InChI=1S/C20H29N5O3S/c1-6-21-19-12-16(4)22-20(23-19)24-7-9-25(10-8-24)29(26,27)18-13-17(28-5)14(2)11-15(18)3/h11-13H,6-10H2,1-5H3,(H,21,22,23). The molecule has 1 aliphatic rings. The van der Waals surface area contributed by atoms with Crippen molar-refractivity contribution in [2.24, 2.45) is 0 Å². The summed E-state index contributed by atoms with van der Waals surface area (Å²) in [6.45, 7) is 10.3. The van der Waals surface area contributed by atoms with Gasteiger partial charge in [0.2, 0.25) is 16.0 Å². The van der Waals surface area contributed by atoms with E-state index in [2.05, 4.69) is 15.3 Å². The number of nitrogens with one attached hydrogen (secondary N) is 1. The number of piperazine rings is 1. The zero-order valence-corrected chi connectivity index (χ0v) is 18.5. The van der Waals surface area contributed by atoms with Crippen LogP contribution in [0.15, 0.2) is 23.1 Å². The fourth-order valence-corrected chi connectivity index (χ4v) is 5.19. The van der Waals surface area contributed by atoms with Crippen LogP contribution in [0.4, 0.5) is 11.8 Å². The van der Waals surface area contributed by atoms with Gasteiger partial charge in [0.1, 0.15) is 11.6 Å². The van der Waals surface area contributed by atoms with Gasteiger partial charge in [-0.15, -0.1) is 0 Å². The van der Waals surface area contributed by atoms with Crippen molar-refractivity contribution in [3.05, 3.63) is 35.0 Å². The molecule has 158 valence electrons. The van der Waals surface area contributed by atoms with Crippen molar-refractivity contribution in [1.82, 2.24) is 14.3 Å². The molecule has 0 radical (unpaired) electrons. The molecule has 1 N–H and O–H groups in total. The van der Waals surface area contributed by atoms with Crippen LogP contribution in [0, 0.1) is 20.8 Å². The molecule has 29 heavy (non-hydrogen) atoms. The van der Waals surface area contributed by atoms with Gasteiger partial charge < -0.3 is 15.0 Å². The van der Waals surface area contributed by atoms with Crippen LogP contribution in [-0.2, 0) is 10.0 Å². The van der Waals surface area contributed by atoms with E-state index in [1.54, 1.807) is 13.2 Å². The molecular formula is C20H29N5O3S. The number of nitrogens with zero attached hydrogens (tertiary/aromatic N) is 4. The fraction of sp³-hybridized carbons (Fsp3) is 0.500. The molecule has 1 saturated heterocycles. The largest absolute Gasteiger partial charge is 0.496 e. The molecule has 2 heterocycles. The Morgan fingerprint density at radius 1 is 1.03 bits per heavy atom. The molecule has 2 aromatic rings. The summed E-state index contributed by atoms with van der Waals surface area (Å²) in [5.74, 6) is 2.00. The Bertz CT molecular complexity index is 986. The van der Waals surface area contributed by atoms with E-state index in [0.29, 0.717) is 42.8 Å². The Morgan fingerprint density at radius 2 is 1.72 bits per heavy atom. The van der Waals surface area contributed by atoms with Gasteiger partial charge in [-0.1, -0.05) is 6.07 Å². The van der Waals surface area contributed by atoms with Crippen molar-refractivity contribution in [2.45, 2.75) is 32.6 Å². The lowest BCUT2D eigenvalue weighted by Crippen LogP contribution is -2.49. The summed E-state index contributed by atoms with van der Waals surface area (Å²) >= 11 is 0. The maximum atomic E-state index is 13.2. The normalized spacial score (nSPS) is 15.4. The summed E-state index contributed by atoms with van der Waals surface area (Å²) in [6.07, 6.45) is 0. The van der Waals surface area contributed by atoms with E-state index in [1.807, 2.05) is 44.7 Å². The van der Waals surface area contributed by atoms with Crippen molar-refractivity contribution in [1.29, 1.82) is 0 Å². The molecule has 3 rings (SSSR count). The quantitative estimate of drug-likeness (QED) is 0.769. The summed E-state index contributed by atoms with van der Waals surface area (Å²) < 4.78 is 33.3. The smallest absolute Gasteiger partial charge is 0.243 e. The van der Waals surface area contributed by atoms with Crippen LogP contribution in [0.25, 0.3) is 0 Å². The molecular weight excluding hydrogens is 390 g/mol. The first kappa shape index (κ1) is 21.3. The summed E-state index contributed by atoms with van der Waals surface area (Å²) in [6, 6.07) is 5.38. The summed E-state index contributed by atoms with van der Waals surface area (Å²) in [4.78, 5) is 11.4. The third-order valence-electron chi connectivity index (χ3n) is 5.03. The van der Waals surface area contributed by atoms with Gasteiger partial charge in [-0.2, -0.15) is 9.29 Å². The molecule has 0 spiro atoms. The second kappa shape index (κ2) is 8.54. The predicted octanol–water partition coefficient (Wildman–Crippen LogP) is 2.35. The van der Waals surface area contributed by atoms with Gasteiger partial charge in [0.25, 0.3) is 0 Å². The second-order valence-electron chi connectivity index (χ2n) is 7.20. The number of sulfonamides is 1. The van der Waals surface area contributed by atoms with Crippen LogP contribution in [-0.4, -0.2) is 62.5 Å². The molecule has 0 atom stereocenters. The number of hydrogen-bond donors (Lipinski definition) is 1. The molecule has 0 amide bonds. The van der Waals surface area contributed by atoms with Crippen molar-refractivity contribution in [3.8, 4) is 5.75 Å². The second-order valence-corrected chi connectivity index (χ2v) is 9.11. The first-order valence-corrected chi connectivity index (χ1v) is 11.2. The van der Waals surface area contributed by atoms with E-state index in [9.17, 15) is 8.42 Å². The Morgan fingerprint density at radius 3 is 2.34 bits per heavy atom. The zero-order chi connectivity index (χ0) is 21.2. The average molecular weight is 420 g/mol. The minimum Gasteiger partial charge on any atom is -0.496 e. The lowest BCUT2D eigenvalue weighted by atomic mass is 10.1. The number of methoxy groups -OCH3 is 1. The number of hydrogen-bond acceptors (Lipinski definition) is 7. The summed E-state index contributed by atoms with van der Waals surface area (Å²) in [7, 11) is -2.05. The van der Waals surface area contributed by atoms with Gasteiger partial charge in [0.05, 0.1) is 12.0 Å². The average Bonchev–Trinajstić information content (AvgIpc) is 2.68. The first-order chi connectivity index (χ1) is 13.8. The molecule has 1 fully saturated rings. The SMILES string of the molecule is CCNc1cc(C)nc(N2CCN(S(=O)(=O)c3cc(OC)c(C)cc3C)CC2)n1. The van der Waals surface area contributed by atoms with Crippen LogP contribution >= 0.6 is 0 Å². The molecule has 0 bridgehead atoms. The van der Waals surface area contributed by atoms with Crippen molar-refractivity contribution in [2.75, 3.05) is 50.1 Å². The Kier molecular flexibility index (Phi) is 6.28. The van der Waals surface area contributed by atoms with Crippen molar-refractivity contribution in [3.63, 3.8) is 0 Å². The highest BCUT2D eigenvalue weighted by molar-refractivity contribution is 7.89. The molecule has 1 aliphatic heterocycles. The Balaban J connectivity index is 1.79. The van der Waals surface area contributed by atoms with E-state index in [4.69, 9.17) is 4.74 Å². The monoisotopic (exact) mass is 419 g/mol. The fourth-order valence-electron chi connectivity index (χ4n) is 3.55. The van der Waals surface area contributed by atoms with E-state index in [1.165, 1.54) is 4.31 Å². The number of aromatic nitrogens is 2. The highest BCUT2D eigenvalue weighted by Crippen LogP contribution is 2.29. The van der Waals surface area contributed by atoms with Crippen LogP contribution in [0.2, 0.25) is 0 Å². The number of anilines is 2. The molecule has 0 saturated carbocycles. The van der Waals surface area contributed by atoms with Crippen LogP contribution < -0.4 is 15.0 Å². The van der Waals surface area contributed by atoms with Gasteiger partial charge >= 0.3 is 0 Å². The van der Waals surface area contributed by atoms with Crippen LogP contribution in [0.3, 0.4) is 0 Å². The topological polar surface area (TPSA) is 87.7 Å². The minimum atomic E-state index is -3.60. The van der Waals surface area contributed by atoms with Gasteiger partial charge in [-0.25, -0.2) is 13.4 Å². The van der Waals surface area contributed by atoms with Crippen molar-refractivity contribution >= 4 is 21.8 Å². The molecule has 8 nitrogen and oxygen atoms in total. The molecule has 1 aromatic heterocycles. The van der Waals surface area contributed by atoms with E-state index in [-0.39, 0.29) is 0 Å². The molecule has 0 unspecified atom stereocenters. The number of benzene rings is 1.